The Bertz CT molecular complexity index is 4720. The molecule has 0 atom stereocenters. The first-order chi connectivity index (χ1) is 38.7. The Labute approximate surface area is 452 Å². The lowest BCUT2D eigenvalue weighted by molar-refractivity contribution is 1.25. The predicted octanol–water partition coefficient (Wildman–Crippen LogP) is 20.3. The number of para-hydroxylation sites is 3. The molecule has 0 amide bonds. The lowest BCUT2D eigenvalue weighted by atomic mass is 9.94. The van der Waals surface area contributed by atoms with Gasteiger partial charge in [0, 0.05) is 50.7 Å². The predicted molar refractivity (Wildman–Crippen MR) is 327 cm³/mol. The van der Waals surface area contributed by atoms with Crippen LogP contribution in [-0.4, -0.2) is 9.97 Å². The minimum Gasteiger partial charge on any atom is -0.310 e. The smallest absolute Gasteiger partial charge is 0.0782 e. The van der Waals surface area contributed by atoms with Crippen molar-refractivity contribution in [3.8, 4) is 78.0 Å². The molecule has 0 N–H and O–H groups in total. The van der Waals surface area contributed by atoms with E-state index in [1.165, 1.54) is 82.7 Å². The van der Waals surface area contributed by atoms with Gasteiger partial charge in [-0.05, 0) is 155 Å². The van der Waals surface area contributed by atoms with Crippen LogP contribution in [0.25, 0.3) is 121 Å². The van der Waals surface area contributed by atoms with Gasteiger partial charge in [0.2, 0.25) is 0 Å². The molecular formula is C74H46N4. The maximum absolute atomic E-state index is 5.43. The van der Waals surface area contributed by atoms with Crippen molar-refractivity contribution >= 4 is 77.3 Å². The summed E-state index contributed by atoms with van der Waals surface area (Å²) in [4.78, 5) is 14.9. The molecule has 14 aromatic rings. The van der Waals surface area contributed by atoms with E-state index in [9.17, 15) is 0 Å². The van der Waals surface area contributed by atoms with Gasteiger partial charge in [-0.2, -0.15) is 0 Å². The Balaban J connectivity index is 0.782. The molecule has 0 saturated carbocycles. The molecule has 2 heterocycles. The average Bonchev–Trinajstić information content (AvgIpc) is 4.21. The Morgan fingerprint density at radius 1 is 0.244 bits per heavy atom. The number of hydrogen-bond acceptors (Lipinski definition) is 4. The molecule has 12 aromatic carbocycles. The molecule has 362 valence electrons. The summed E-state index contributed by atoms with van der Waals surface area (Å²) in [5.74, 6) is 0. The van der Waals surface area contributed by atoms with Crippen LogP contribution in [0, 0.1) is 0 Å². The second-order valence-electron chi connectivity index (χ2n) is 20.4. The minimum absolute atomic E-state index is 0.957. The lowest BCUT2D eigenvalue weighted by Gasteiger charge is -2.27. The van der Waals surface area contributed by atoms with Gasteiger partial charge < -0.3 is 9.80 Å². The van der Waals surface area contributed by atoms with Crippen molar-refractivity contribution in [2.24, 2.45) is 0 Å². The van der Waals surface area contributed by atoms with Crippen LogP contribution in [0.2, 0.25) is 0 Å². The first-order valence-corrected chi connectivity index (χ1v) is 26.7. The highest BCUT2D eigenvalue weighted by atomic mass is 15.2. The zero-order chi connectivity index (χ0) is 51.3. The molecule has 0 unspecified atom stereocenters. The normalized spacial score (nSPS) is 11.8. The third-order valence-electron chi connectivity index (χ3n) is 16.2. The molecule has 0 saturated heterocycles. The zero-order valence-electron chi connectivity index (χ0n) is 42.3. The molecule has 0 fully saturated rings. The van der Waals surface area contributed by atoms with Crippen molar-refractivity contribution < 1.29 is 0 Å². The van der Waals surface area contributed by atoms with Crippen molar-refractivity contribution in [2.45, 2.75) is 0 Å². The maximum Gasteiger partial charge on any atom is 0.0782 e. The molecule has 4 nitrogen and oxygen atoms in total. The van der Waals surface area contributed by atoms with E-state index in [1.54, 1.807) is 0 Å². The van der Waals surface area contributed by atoms with E-state index in [0.29, 0.717) is 0 Å². The average molecular weight is 991 g/mol. The molecule has 0 radical (unpaired) electrons. The number of rotatable bonds is 9. The van der Waals surface area contributed by atoms with Crippen LogP contribution in [0.3, 0.4) is 0 Å². The van der Waals surface area contributed by atoms with E-state index in [4.69, 9.17) is 9.97 Å². The molecule has 2 aliphatic rings. The van der Waals surface area contributed by atoms with Gasteiger partial charge in [-0.25, -0.2) is 0 Å². The first kappa shape index (κ1) is 43.9. The van der Waals surface area contributed by atoms with Crippen LogP contribution in [0.4, 0.5) is 34.1 Å². The van der Waals surface area contributed by atoms with Gasteiger partial charge in [0.05, 0.1) is 28.8 Å². The van der Waals surface area contributed by atoms with Crippen molar-refractivity contribution in [3.63, 3.8) is 0 Å². The van der Waals surface area contributed by atoms with Crippen molar-refractivity contribution in [2.75, 3.05) is 9.80 Å². The maximum atomic E-state index is 5.43. The number of hydrogen-bond donors (Lipinski definition) is 0. The van der Waals surface area contributed by atoms with E-state index >= 15 is 0 Å². The number of pyridine rings is 2. The van der Waals surface area contributed by atoms with Gasteiger partial charge in [-0.15, -0.1) is 0 Å². The highest BCUT2D eigenvalue weighted by molar-refractivity contribution is 6.21. The van der Waals surface area contributed by atoms with E-state index in [2.05, 4.69) is 277 Å². The fourth-order valence-corrected chi connectivity index (χ4v) is 12.8. The third-order valence-corrected chi connectivity index (χ3v) is 16.2. The zero-order valence-corrected chi connectivity index (χ0v) is 42.3. The summed E-state index contributed by atoms with van der Waals surface area (Å²) in [7, 11) is 0. The number of anilines is 6. The van der Waals surface area contributed by atoms with Crippen LogP contribution in [-0.2, 0) is 0 Å². The number of aromatic nitrogens is 2. The second-order valence-corrected chi connectivity index (χ2v) is 20.4. The van der Waals surface area contributed by atoms with E-state index < -0.39 is 0 Å². The van der Waals surface area contributed by atoms with Gasteiger partial charge >= 0.3 is 0 Å². The fourth-order valence-electron chi connectivity index (χ4n) is 12.8. The Kier molecular flexibility index (Phi) is 9.91. The molecule has 0 aliphatic heterocycles. The molecule has 4 heteroatoms. The van der Waals surface area contributed by atoms with Crippen LogP contribution in [0.5, 0.6) is 0 Å². The molecule has 78 heavy (non-hydrogen) atoms. The molecule has 16 rings (SSSR count). The SMILES string of the molecule is c1ccc(N(c2cccc(-c3ccc4c5c(cccc35)-c3cc(-c5ncc(N(c6ccccc6)c6cccc(-c7ccc8c9c(cccc79)-c7ccccc7-8)c6)c6ccccc56)ccc3-4)c2)c2ccnc3ccccc23)cc1. The van der Waals surface area contributed by atoms with Crippen molar-refractivity contribution in [1.82, 2.24) is 9.97 Å². The topological polar surface area (TPSA) is 32.3 Å². The Morgan fingerprint density at radius 2 is 0.692 bits per heavy atom. The monoisotopic (exact) mass is 990 g/mol. The third kappa shape index (κ3) is 6.80. The summed E-state index contributed by atoms with van der Waals surface area (Å²) in [5, 5.41) is 8.43. The van der Waals surface area contributed by atoms with Gasteiger partial charge in [0.1, 0.15) is 0 Å². The summed E-state index contributed by atoms with van der Waals surface area (Å²) in [6, 6.07) is 97.1. The summed E-state index contributed by atoms with van der Waals surface area (Å²) in [6.07, 6.45) is 3.99. The lowest BCUT2D eigenvalue weighted by Crippen LogP contribution is -2.11. The van der Waals surface area contributed by atoms with E-state index in [-0.39, 0.29) is 0 Å². The molecular weight excluding hydrogens is 945 g/mol. The first-order valence-electron chi connectivity index (χ1n) is 26.7. The van der Waals surface area contributed by atoms with Crippen molar-refractivity contribution in [1.29, 1.82) is 0 Å². The van der Waals surface area contributed by atoms with Gasteiger partial charge in [0.15, 0.2) is 0 Å². The summed E-state index contributed by atoms with van der Waals surface area (Å²) in [6.45, 7) is 0. The molecule has 2 aliphatic carbocycles. The Hall–Kier alpha value is -10.4. The fraction of sp³-hybridized carbons (Fsp3) is 0. The standard InChI is InChI=1S/C74H46N4/c1-3-19-50(20-4-1)77(70-41-42-75-69-34-12-11-29-67(69)70)52-23-13-17-47(43-52)55-38-40-65-58-36-35-49(45-68(58)63-33-16-31-61(55)73(63)65)74-66-28-10-9-27-59(66)71(46-76-74)78(51-21-5-2-6-22-51)53-24-14-18-48(44-53)54-37-39-64-57-26-8-7-25-56(57)62-32-15-30-60(54)72(62)64/h1-46H. The van der Waals surface area contributed by atoms with Gasteiger partial charge in [0.25, 0.3) is 0 Å². The number of nitrogens with zero attached hydrogens (tertiary/aromatic N) is 4. The van der Waals surface area contributed by atoms with Crippen molar-refractivity contribution in [3.05, 3.63) is 279 Å². The van der Waals surface area contributed by atoms with Crippen LogP contribution in [0.1, 0.15) is 0 Å². The number of fused-ring (bicyclic) bond motifs is 8. The quantitative estimate of drug-likeness (QED) is 0.144. The molecule has 0 bridgehead atoms. The highest BCUT2D eigenvalue weighted by Gasteiger charge is 2.27. The highest BCUT2D eigenvalue weighted by Crippen LogP contribution is 2.53. The molecule has 0 spiro atoms. The number of benzene rings is 12. The summed E-state index contributed by atoms with van der Waals surface area (Å²) < 4.78 is 0. The van der Waals surface area contributed by atoms with Gasteiger partial charge in [-0.3, -0.25) is 9.97 Å². The van der Waals surface area contributed by atoms with E-state index in [1.807, 2.05) is 12.3 Å². The van der Waals surface area contributed by atoms with Crippen LogP contribution in [0.15, 0.2) is 279 Å². The Morgan fingerprint density at radius 3 is 1.33 bits per heavy atom. The second kappa shape index (κ2) is 17.6. The minimum atomic E-state index is 0.957. The summed E-state index contributed by atoms with van der Waals surface area (Å²) >= 11 is 0. The van der Waals surface area contributed by atoms with Crippen LogP contribution >= 0.6 is 0 Å². The molecule has 2 aromatic heterocycles. The van der Waals surface area contributed by atoms with Gasteiger partial charge in [-0.1, -0.05) is 200 Å². The van der Waals surface area contributed by atoms with E-state index in [0.717, 1.165) is 72.6 Å². The largest absolute Gasteiger partial charge is 0.310 e. The van der Waals surface area contributed by atoms with Crippen LogP contribution < -0.4 is 9.80 Å². The summed E-state index contributed by atoms with van der Waals surface area (Å²) in [5.41, 5.74) is 24.3.